The predicted octanol–water partition coefficient (Wildman–Crippen LogP) is 1.34. The average Bonchev–Trinajstić information content (AvgIpc) is 2.70. The molecule has 1 saturated heterocycles. The first kappa shape index (κ1) is 24.0. The Morgan fingerprint density at radius 2 is 1.87 bits per heavy atom. The van der Waals surface area contributed by atoms with Crippen LogP contribution >= 0.6 is 0 Å². The van der Waals surface area contributed by atoms with E-state index < -0.39 is 23.5 Å². The predicted molar refractivity (Wildman–Crippen MR) is 115 cm³/mol. The second kappa shape index (κ2) is 10.1. The molecule has 2 amide bonds. The standard InChI is InChI=1S/C22H35N3O5/c1-5-12-30-18-8-6-17(7-9-18)24-10-11-25(16(4)14-24)20(26)19(13-15(2)3)22(28,29)21(23)27/h6-9,15-16,19,28-29H,5,10-14H2,1-4H3,(H2,23,27)/t16-,19?/m1/s1. The van der Waals surface area contributed by atoms with Gasteiger partial charge in [0, 0.05) is 31.4 Å². The first-order valence-electron chi connectivity index (χ1n) is 10.6. The highest BCUT2D eigenvalue weighted by Gasteiger charge is 2.47. The maximum Gasteiger partial charge on any atom is 0.278 e. The summed E-state index contributed by atoms with van der Waals surface area (Å²) >= 11 is 0. The van der Waals surface area contributed by atoms with E-state index in [9.17, 15) is 19.8 Å². The minimum absolute atomic E-state index is 0.0120. The lowest BCUT2D eigenvalue weighted by molar-refractivity contribution is -0.209. The third kappa shape index (κ3) is 5.64. The van der Waals surface area contributed by atoms with Crippen molar-refractivity contribution in [1.82, 2.24) is 4.90 Å². The summed E-state index contributed by atoms with van der Waals surface area (Å²) in [5.74, 6) is -5.11. The second-order valence-corrected chi connectivity index (χ2v) is 8.44. The molecular weight excluding hydrogens is 386 g/mol. The highest BCUT2D eigenvalue weighted by molar-refractivity contribution is 5.90. The lowest BCUT2D eigenvalue weighted by Gasteiger charge is -2.43. The highest BCUT2D eigenvalue weighted by atomic mass is 16.5. The van der Waals surface area contributed by atoms with Crippen molar-refractivity contribution in [1.29, 1.82) is 0 Å². The summed E-state index contributed by atoms with van der Waals surface area (Å²) in [5.41, 5.74) is 6.20. The first-order chi connectivity index (χ1) is 14.1. The lowest BCUT2D eigenvalue weighted by atomic mass is 9.87. The van der Waals surface area contributed by atoms with Crippen LogP contribution in [-0.4, -0.2) is 65.0 Å². The number of anilines is 1. The van der Waals surface area contributed by atoms with Gasteiger partial charge in [0.1, 0.15) is 11.7 Å². The Morgan fingerprint density at radius 1 is 1.23 bits per heavy atom. The Morgan fingerprint density at radius 3 is 2.37 bits per heavy atom. The van der Waals surface area contributed by atoms with Gasteiger partial charge in [-0.2, -0.15) is 0 Å². The molecule has 0 aliphatic carbocycles. The molecule has 0 bridgehead atoms. The molecule has 1 heterocycles. The van der Waals surface area contributed by atoms with Crippen molar-refractivity contribution in [2.75, 3.05) is 31.1 Å². The van der Waals surface area contributed by atoms with E-state index in [2.05, 4.69) is 11.8 Å². The molecule has 30 heavy (non-hydrogen) atoms. The zero-order valence-electron chi connectivity index (χ0n) is 18.4. The average molecular weight is 422 g/mol. The molecule has 8 heteroatoms. The third-order valence-corrected chi connectivity index (χ3v) is 5.44. The monoisotopic (exact) mass is 421 g/mol. The van der Waals surface area contributed by atoms with Gasteiger partial charge in [0.25, 0.3) is 11.7 Å². The fourth-order valence-electron chi connectivity index (χ4n) is 3.77. The van der Waals surface area contributed by atoms with Crippen molar-refractivity contribution in [2.24, 2.45) is 17.6 Å². The number of nitrogens with zero attached hydrogens (tertiary/aromatic N) is 2. The number of ether oxygens (including phenoxy) is 1. The molecule has 1 aromatic carbocycles. The summed E-state index contributed by atoms with van der Waals surface area (Å²) in [4.78, 5) is 28.5. The maximum absolute atomic E-state index is 13.1. The molecule has 1 aliphatic heterocycles. The number of primary amides is 1. The molecule has 2 rings (SSSR count). The van der Waals surface area contributed by atoms with E-state index in [0.717, 1.165) is 17.9 Å². The zero-order chi connectivity index (χ0) is 22.5. The zero-order valence-corrected chi connectivity index (χ0v) is 18.4. The van der Waals surface area contributed by atoms with Crippen LogP contribution in [0.4, 0.5) is 5.69 Å². The number of piperazine rings is 1. The van der Waals surface area contributed by atoms with Crippen molar-refractivity contribution in [3.63, 3.8) is 0 Å². The molecule has 0 saturated carbocycles. The van der Waals surface area contributed by atoms with Crippen LogP contribution in [0.2, 0.25) is 0 Å². The van der Waals surface area contributed by atoms with E-state index in [1.54, 1.807) is 4.90 Å². The maximum atomic E-state index is 13.1. The molecular formula is C22H35N3O5. The largest absolute Gasteiger partial charge is 0.494 e. The molecule has 4 N–H and O–H groups in total. The van der Waals surface area contributed by atoms with Gasteiger partial charge in [0.05, 0.1) is 6.61 Å². The van der Waals surface area contributed by atoms with E-state index in [-0.39, 0.29) is 18.4 Å². The lowest BCUT2D eigenvalue weighted by Crippen LogP contribution is -2.61. The van der Waals surface area contributed by atoms with Gasteiger partial charge in [-0.3, -0.25) is 9.59 Å². The molecule has 168 valence electrons. The molecule has 1 fully saturated rings. The quantitative estimate of drug-likeness (QED) is 0.518. The summed E-state index contributed by atoms with van der Waals surface area (Å²) in [7, 11) is 0. The molecule has 0 radical (unpaired) electrons. The number of aliphatic hydroxyl groups is 2. The van der Waals surface area contributed by atoms with Crippen LogP contribution < -0.4 is 15.4 Å². The van der Waals surface area contributed by atoms with Gasteiger partial charge in [-0.1, -0.05) is 20.8 Å². The number of nitrogens with two attached hydrogens (primary N) is 1. The van der Waals surface area contributed by atoms with Gasteiger partial charge in [0.15, 0.2) is 0 Å². The van der Waals surface area contributed by atoms with Gasteiger partial charge >= 0.3 is 0 Å². The highest BCUT2D eigenvalue weighted by Crippen LogP contribution is 2.28. The summed E-state index contributed by atoms with van der Waals surface area (Å²) in [6.07, 6.45) is 1.10. The first-order valence-corrected chi connectivity index (χ1v) is 10.6. The molecule has 0 aromatic heterocycles. The summed E-state index contributed by atoms with van der Waals surface area (Å²) < 4.78 is 5.62. The van der Waals surface area contributed by atoms with Gasteiger partial charge in [0.2, 0.25) is 5.91 Å². The van der Waals surface area contributed by atoms with E-state index in [0.29, 0.717) is 26.2 Å². The Hall–Kier alpha value is -2.32. The Balaban J connectivity index is 2.09. The van der Waals surface area contributed by atoms with Crippen LogP contribution in [0.1, 0.15) is 40.5 Å². The molecule has 8 nitrogen and oxygen atoms in total. The van der Waals surface area contributed by atoms with E-state index in [1.807, 2.05) is 45.0 Å². The Labute approximate surface area is 178 Å². The van der Waals surface area contributed by atoms with Crippen LogP contribution in [0.15, 0.2) is 24.3 Å². The van der Waals surface area contributed by atoms with Gasteiger partial charge < -0.3 is 30.5 Å². The van der Waals surface area contributed by atoms with Gasteiger partial charge in [-0.15, -0.1) is 0 Å². The van der Waals surface area contributed by atoms with Gasteiger partial charge in [-0.05, 0) is 49.9 Å². The number of hydrogen-bond acceptors (Lipinski definition) is 6. The summed E-state index contributed by atoms with van der Waals surface area (Å²) in [6, 6.07) is 7.70. The van der Waals surface area contributed by atoms with Crippen LogP contribution in [-0.2, 0) is 9.59 Å². The smallest absolute Gasteiger partial charge is 0.278 e. The summed E-state index contributed by atoms with van der Waals surface area (Å²) in [5, 5.41) is 20.4. The number of amides is 2. The Kier molecular flexibility index (Phi) is 8.09. The third-order valence-electron chi connectivity index (χ3n) is 5.44. The van der Waals surface area contributed by atoms with Crippen LogP contribution in [0, 0.1) is 11.8 Å². The van der Waals surface area contributed by atoms with Crippen LogP contribution in [0.25, 0.3) is 0 Å². The molecule has 1 aliphatic rings. The number of carbonyl (C=O) groups excluding carboxylic acids is 2. The minimum Gasteiger partial charge on any atom is -0.494 e. The van der Waals surface area contributed by atoms with E-state index in [4.69, 9.17) is 10.5 Å². The second-order valence-electron chi connectivity index (χ2n) is 8.44. The van der Waals surface area contributed by atoms with Crippen molar-refractivity contribution in [2.45, 2.75) is 52.4 Å². The molecule has 1 unspecified atom stereocenters. The van der Waals surface area contributed by atoms with Crippen molar-refractivity contribution in [3.8, 4) is 5.75 Å². The fourth-order valence-corrected chi connectivity index (χ4v) is 3.77. The topological polar surface area (TPSA) is 116 Å². The van der Waals surface area contributed by atoms with Crippen molar-refractivity contribution < 1.29 is 24.5 Å². The number of benzene rings is 1. The Bertz CT molecular complexity index is 720. The van der Waals surface area contributed by atoms with E-state index in [1.165, 1.54) is 0 Å². The number of carbonyl (C=O) groups is 2. The molecule has 0 spiro atoms. The number of hydrogen-bond donors (Lipinski definition) is 3. The summed E-state index contributed by atoms with van der Waals surface area (Å²) in [6.45, 7) is 9.96. The SMILES string of the molecule is CCCOc1ccc(N2CCN(C(=O)C(CC(C)C)C(O)(O)C(N)=O)[C@H](C)C2)cc1. The van der Waals surface area contributed by atoms with Crippen molar-refractivity contribution >= 4 is 17.5 Å². The van der Waals surface area contributed by atoms with Gasteiger partial charge in [-0.25, -0.2) is 0 Å². The normalized spacial score (nSPS) is 18.4. The minimum atomic E-state index is -2.87. The number of rotatable bonds is 9. The molecule has 1 aromatic rings. The fraction of sp³-hybridized carbons (Fsp3) is 0.636. The van der Waals surface area contributed by atoms with Crippen molar-refractivity contribution in [3.05, 3.63) is 24.3 Å². The molecule has 2 atom stereocenters. The van der Waals surface area contributed by atoms with Crippen LogP contribution in [0.5, 0.6) is 5.75 Å². The van der Waals surface area contributed by atoms with Crippen LogP contribution in [0.3, 0.4) is 0 Å². The van der Waals surface area contributed by atoms with E-state index >= 15 is 0 Å².